The Labute approximate surface area is 137 Å². The number of rotatable bonds is 2. The molecule has 0 aromatic heterocycles. The SMILES string of the molecule is C=C(C)C(=O)O.CC(=O)[O-].Clc1ccc([O][Zn+])c(Cl)c1. The summed E-state index contributed by atoms with van der Waals surface area (Å²) in [5, 5.41) is 18.0. The van der Waals surface area contributed by atoms with Gasteiger partial charge in [-0.05, 0) is 13.8 Å². The molecule has 0 bridgehead atoms. The molecule has 1 rings (SSSR count). The van der Waals surface area contributed by atoms with Gasteiger partial charge in [-0.15, -0.1) is 0 Å². The van der Waals surface area contributed by atoms with Crippen LogP contribution < -0.4 is 8.67 Å². The number of hydrogen-bond donors (Lipinski definition) is 1. The van der Waals surface area contributed by atoms with Gasteiger partial charge >= 0.3 is 85.4 Å². The van der Waals surface area contributed by atoms with Crippen LogP contribution in [0.2, 0.25) is 10.0 Å². The van der Waals surface area contributed by atoms with Crippen molar-refractivity contribution >= 4 is 35.1 Å². The number of halogens is 2. The third-order valence-electron chi connectivity index (χ3n) is 1.41. The fourth-order valence-electron chi connectivity index (χ4n) is 0.592. The van der Waals surface area contributed by atoms with Gasteiger partial charge in [-0.2, -0.15) is 0 Å². The molecular weight excluding hydrogens is 360 g/mol. The molecule has 0 spiro atoms. The number of carbonyl (C=O) groups excluding carboxylic acids is 1. The molecule has 0 aliphatic heterocycles. The van der Waals surface area contributed by atoms with Gasteiger partial charge in [-0.25, -0.2) is 4.79 Å². The molecule has 0 aliphatic rings. The van der Waals surface area contributed by atoms with Crippen LogP contribution in [0, 0.1) is 0 Å². The van der Waals surface area contributed by atoms with E-state index in [0.29, 0.717) is 15.8 Å². The third kappa shape index (κ3) is 13.3. The van der Waals surface area contributed by atoms with Crippen LogP contribution in [0.3, 0.4) is 0 Å². The molecule has 1 aromatic carbocycles. The van der Waals surface area contributed by atoms with E-state index in [1.54, 1.807) is 18.2 Å². The summed E-state index contributed by atoms with van der Waals surface area (Å²) < 4.78 is 5.03. The average molecular weight is 373 g/mol. The van der Waals surface area contributed by atoms with Crippen molar-refractivity contribution in [1.82, 2.24) is 0 Å². The van der Waals surface area contributed by atoms with Gasteiger partial charge < -0.3 is 15.0 Å². The first-order valence-corrected chi connectivity index (χ1v) is 7.02. The minimum absolute atomic E-state index is 0.176. The zero-order valence-electron chi connectivity index (χ0n) is 11.0. The molecule has 0 atom stereocenters. The zero-order chi connectivity index (χ0) is 16.3. The van der Waals surface area contributed by atoms with Gasteiger partial charge in [0.15, 0.2) is 0 Å². The Morgan fingerprint density at radius 1 is 1.35 bits per heavy atom. The summed E-state index contributed by atoms with van der Waals surface area (Å²) in [6.45, 7) is 5.57. The molecule has 1 N–H and O–H groups in total. The Morgan fingerprint density at radius 3 is 2.00 bits per heavy atom. The molecule has 0 fully saturated rings. The van der Waals surface area contributed by atoms with E-state index in [1.165, 1.54) is 6.92 Å². The Kier molecular flexibility index (Phi) is 12.4. The number of carbonyl (C=O) groups is 2. The van der Waals surface area contributed by atoms with Crippen LogP contribution in [0.1, 0.15) is 13.8 Å². The summed E-state index contributed by atoms with van der Waals surface area (Å²) in [5.74, 6) is -1.32. The van der Waals surface area contributed by atoms with Crippen molar-refractivity contribution < 1.29 is 42.0 Å². The summed E-state index contributed by atoms with van der Waals surface area (Å²) in [6, 6.07) is 5.17. The third-order valence-corrected chi connectivity index (χ3v) is 2.60. The van der Waals surface area contributed by atoms with Crippen molar-refractivity contribution in [3.63, 3.8) is 0 Å². The zero-order valence-corrected chi connectivity index (χ0v) is 15.5. The number of carboxylic acid groups (broad SMARTS) is 2. The second kappa shape index (κ2) is 11.7. The minimum atomic E-state index is -1.08. The van der Waals surface area contributed by atoms with E-state index in [2.05, 4.69) is 6.58 Å². The van der Waals surface area contributed by atoms with Crippen LogP contribution in [0.15, 0.2) is 30.4 Å². The van der Waals surface area contributed by atoms with Gasteiger partial charge in [0.05, 0.1) is 0 Å². The van der Waals surface area contributed by atoms with Gasteiger partial charge in [-0.1, -0.05) is 6.58 Å². The van der Waals surface area contributed by atoms with Gasteiger partial charge in [0.2, 0.25) is 0 Å². The van der Waals surface area contributed by atoms with Crippen molar-refractivity contribution in [2.45, 2.75) is 13.8 Å². The summed E-state index contributed by atoms with van der Waals surface area (Å²) in [4.78, 5) is 18.5. The van der Waals surface area contributed by atoms with Gasteiger partial charge in [0, 0.05) is 11.5 Å². The van der Waals surface area contributed by atoms with Crippen molar-refractivity contribution in [2.75, 3.05) is 0 Å². The summed E-state index contributed by atoms with van der Waals surface area (Å²) in [6.07, 6.45) is 0. The van der Waals surface area contributed by atoms with E-state index in [4.69, 9.17) is 41.8 Å². The Bertz CT molecular complexity index is 461. The van der Waals surface area contributed by atoms with E-state index in [0.717, 1.165) is 25.6 Å². The summed E-state index contributed by atoms with van der Waals surface area (Å²) in [5.41, 5.74) is 0.176. The van der Waals surface area contributed by atoms with E-state index in [1.807, 2.05) is 0 Å². The molecule has 0 saturated heterocycles. The first-order valence-electron chi connectivity index (χ1n) is 5.05. The predicted octanol–water partition coefficient (Wildman–Crippen LogP) is 2.24. The maximum atomic E-state index is 9.60. The van der Waals surface area contributed by atoms with Crippen LogP contribution in [-0.4, -0.2) is 17.0 Å². The van der Waals surface area contributed by atoms with Crippen molar-refractivity contribution in [3.8, 4) is 5.75 Å². The molecule has 1 aromatic rings. The number of carboxylic acids is 2. The van der Waals surface area contributed by atoms with E-state index >= 15 is 0 Å². The van der Waals surface area contributed by atoms with E-state index in [9.17, 15) is 4.79 Å². The Hall–Kier alpha value is -1.10. The van der Waals surface area contributed by atoms with Gasteiger partial charge in [0.25, 0.3) is 0 Å². The molecular formula is C12H12Cl2O5Zn. The molecule has 0 heterocycles. The fourth-order valence-corrected chi connectivity index (χ4v) is 1.78. The molecule has 0 saturated carbocycles. The topological polar surface area (TPSA) is 86.7 Å². The van der Waals surface area contributed by atoms with Crippen LogP contribution in [0.5, 0.6) is 5.75 Å². The number of hydrogen-bond acceptors (Lipinski definition) is 4. The summed E-state index contributed by atoms with van der Waals surface area (Å²) >= 11 is 12.1. The quantitative estimate of drug-likeness (QED) is 0.635. The standard InChI is InChI=1S/C6H4Cl2O.C4H6O2.C2H4O2.Zn/c7-4-1-2-6(9)5(8)3-4;1-3(2)4(5)6;1-2(3)4;/h1-3,9H;1H2,2H3,(H,5,6);1H3,(H,3,4);/q;;;+2/p-2. The maximum absolute atomic E-state index is 9.60. The van der Waals surface area contributed by atoms with Crippen LogP contribution >= 0.6 is 23.2 Å². The second-order valence-corrected chi connectivity index (χ2v) is 4.75. The Morgan fingerprint density at radius 2 is 1.75 bits per heavy atom. The number of benzene rings is 1. The molecule has 106 valence electrons. The molecule has 0 amide bonds. The molecule has 0 aliphatic carbocycles. The first kappa shape index (κ1) is 21.2. The predicted molar refractivity (Wildman–Crippen MR) is 70.2 cm³/mol. The molecule has 20 heavy (non-hydrogen) atoms. The Balaban J connectivity index is 0. The van der Waals surface area contributed by atoms with Crippen molar-refractivity contribution in [3.05, 3.63) is 40.4 Å². The van der Waals surface area contributed by atoms with Crippen molar-refractivity contribution in [2.24, 2.45) is 0 Å². The van der Waals surface area contributed by atoms with Crippen LogP contribution in [0.4, 0.5) is 0 Å². The summed E-state index contributed by atoms with van der Waals surface area (Å²) in [7, 11) is 0. The van der Waals surface area contributed by atoms with Crippen LogP contribution in [0.25, 0.3) is 0 Å². The molecule has 8 heteroatoms. The van der Waals surface area contributed by atoms with Gasteiger partial charge in [0.1, 0.15) is 0 Å². The molecule has 0 radical (unpaired) electrons. The second-order valence-electron chi connectivity index (χ2n) is 3.30. The molecule has 5 nitrogen and oxygen atoms in total. The normalized spacial score (nSPS) is 8.30. The van der Waals surface area contributed by atoms with E-state index < -0.39 is 11.9 Å². The monoisotopic (exact) mass is 370 g/mol. The first-order chi connectivity index (χ1) is 9.11. The van der Waals surface area contributed by atoms with Crippen LogP contribution in [-0.2, 0) is 28.3 Å². The van der Waals surface area contributed by atoms with E-state index in [-0.39, 0.29) is 5.57 Å². The fraction of sp³-hybridized carbons (Fsp3) is 0.167. The number of aliphatic carboxylic acids is 2. The average Bonchev–Trinajstić information content (AvgIpc) is 2.29. The molecule has 0 unspecified atom stereocenters. The van der Waals surface area contributed by atoms with Crippen molar-refractivity contribution in [1.29, 1.82) is 0 Å². The van der Waals surface area contributed by atoms with Gasteiger partial charge in [-0.3, -0.25) is 0 Å².